The second kappa shape index (κ2) is 16.2. The van der Waals surface area contributed by atoms with Crippen molar-refractivity contribution in [3.05, 3.63) is 202 Å². The molecule has 0 nitrogen and oxygen atoms in total. The molecule has 54 heavy (non-hydrogen) atoms. The van der Waals surface area contributed by atoms with Crippen LogP contribution in [0.4, 0.5) is 0 Å². The molecule has 0 aliphatic carbocycles. The van der Waals surface area contributed by atoms with Crippen molar-refractivity contribution in [1.29, 1.82) is 0 Å². The van der Waals surface area contributed by atoms with E-state index in [2.05, 4.69) is 213 Å². The van der Waals surface area contributed by atoms with E-state index in [0.29, 0.717) is 0 Å². The highest BCUT2D eigenvalue weighted by Crippen LogP contribution is 2.36. The number of hydrogen-bond donors (Lipinski definition) is 0. The maximum atomic E-state index is 3.73. The standard InChI is InChI=1S/2C26H24P/c2*1-18-11-19(2)14-25(13-18)27(26-15-20(3)12-21(4)16-26)24-10-9-22-7-5-6-8-23(22)17-24/h2*5-16H,1-4H3. The number of hydrogen-bond acceptors (Lipinski definition) is 0. The summed E-state index contributed by atoms with van der Waals surface area (Å²) < 4.78 is 0. The topological polar surface area (TPSA) is 0 Å². The van der Waals surface area contributed by atoms with E-state index in [1.807, 2.05) is 0 Å². The van der Waals surface area contributed by atoms with E-state index < -0.39 is 15.8 Å². The molecule has 8 rings (SSSR count). The Balaban J connectivity index is 0.000000167. The van der Waals surface area contributed by atoms with Gasteiger partial charge in [-0.1, -0.05) is 190 Å². The van der Waals surface area contributed by atoms with Gasteiger partial charge in [0.2, 0.25) is 0 Å². The Hall–Kier alpha value is -4.86. The van der Waals surface area contributed by atoms with Gasteiger partial charge in [-0.05, 0) is 137 Å². The zero-order valence-corrected chi connectivity index (χ0v) is 34.5. The molecule has 8 aromatic carbocycles. The Morgan fingerprint density at radius 3 is 0.833 bits per heavy atom. The van der Waals surface area contributed by atoms with Crippen LogP contribution in [0.3, 0.4) is 0 Å². The minimum absolute atomic E-state index is 0.640. The van der Waals surface area contributed by atoms with Crippen molar-refractivity contribution in [2.75, 3.05) is 0 Å². The summed E-state index contributed by atoms with van der Waals surface area (Å²) in [5.41, 5.74) is 10.6. The van der Waals surface area contributed by atoms with Crippen molar-refractivity contribution < 1.29 is 0 Å². The quantitative estimate of drug-likeness (QED) is 0.149. The minimum atomic E-state index is -0.640. The third-order valence-corrected chi connectivity index (χ3v) is 14.2. The van der Waals surface area contributed by atoms with Crippen molar-refractivity contribution in [2.24, 2.45) is 0 Å². The summed E-state index contributed by atoms with van der Waals surface area (Å²) in [7, 11) is -1.28. The van der Waals surface area contributed by atoms with Gasteiger partial charge in [0.25, 0.3) is 0 Å². The Morgan fingerprint density at radius 1 is 0.296 bits per heavy atom. The molecule has 266 valence electrons. The molecule has 0 heterocycles. The molecule has 0 unspecified atom stereocenters. The Labute approximate surface area is 325 Å². The number of benzene rings is 8. The lowest BCUT2D eigenvalue weighted by Crippen LogP contribution is -2.22. The lowest BCUT2D eigenvalue weighted by atomic mass is 10.1. The second-order valence-electron chi connectivity index (χ2n) is 14.9. The summed E-state index contributed by atoms with van der Waals surface area (Å²) in [6, 6.07) is 61.3. The van der Waals surface area contributed by atoms with E-state index in [1.54, 1.807) is 0 Å². The van der Waals surface area contributed by atoms with Crippen molar-refractivity contribution in [2.45, 2.75) is 55.4 Å². The third kappa shape index (κ3) is 8.74. The van der Waals surface area contributed by atoms with E-state index in [4.69, 9.17) is 0 Å². The zero-order valence-electron chi connectivity index (χ0n) is 32.8. The molecule has 2 radical (unpaired) electrons. The third-order valence-electron chi connectivity index (χ3n) is 9.63. The lowest BCUT2D eigenvalue weighted by molar-refractivity contribution is 1.40. The second-order valence-corrected chi connectivity index (χ2v) is 19.3. The van der Waals surface area contributed by atoms with Crippen LogP contribution in [0, 0.1) is 67.5 Å². The maximum absolute atomic E-state index is 3.73. The summed E-state index contributed by atoms with van der Waals surface area (Å²) in [4.78, 5) is 0. The summed E-state index contributed by atoms with van der Waals surface area (Å²) in [6.07, 6.45) is 0. The lowest BCUT2D eigenvalue weighted by Gasteiger charge is -2.21. The molecular weight excluding hydrogens is 687 g/mol. The first kappa shape index (κ1) is 37.5. The first-order valence-corrected chi connectivity index (χ1v) is 21.4. The molecule has 0 atom stereocenters. The number of aryl methyl sites for hydroxylation is 8. The zero-order chi connectivity index (χ0) is 37.9. The van der Waals surface area contributed by atoms with Crippen LogP contribution >= 0.6 is 15.8 Å². The molecule has 2 heteroatoms. The van der Waals surface area contributed by atoms with Gasteiger partial charge in [-0.2, -0.15) is 0 Å². The Morgan fingerprint density at radius 2 is 0.556 bits per heavy atom. The van der Waals surface area contributed by atoms with Crippen LogP contribution in [0.25, 0.3) is 21.5 Å². The van der Waals surface area contributed by atoms with Gasteiger partial charge in [-0.25, -0.2) is 0 Å². The fourth-order valence-electron chi connectivity index (χ4n) is 7.64. The van der Waals surface area contributed by atoms with Gasteiger partial charge in [-0.15, -0.1) is 0 Å². The highest BCUT2D eigenvalue weighted by atomic mass is 31.1. The molecule has 0 N–H and O–H groups in total. The highest BCUT2D eigenvalue weighted by molar-refractivity contribution is 7.80. The van der Waals surface area contributed by atoms with E-state index in [-0.39, 0.29) is 0 Å². The average Bonchev–Trinajstić information content (AvgIpc) is 3.10. The number of rotatable bonds is 6. The maximum Gasteiger partial charge on any atom is -0.000884 e. The van der Waals surface area contributed by atoms with E-state index in [1.165, 1.54) is 97.9 Å². The van der Waals surface area contributed by atoms with Crippen LogP contribution in [0.1, 0.15) is 44.5 Å². The van der Waals surface area contributed by atoms with E-state index in [9.17, 15) is 0 Å². The van der Waals surface area contributed by atoms with Crippen LogP contribution in [0.2, 0.25) is 0 Å². The Bertz CT molecular complexity index is 2250. The highest BCUT2D eigenvalue weighted by Gasteiger charge is 2.20. The van der Waals surface area contributed by atoms with Crippen LogP contribution < -0.4 is 31.8 Å². The first-order valence-electron chi connectivity index (χ1n) is 18.7. The fraction of sp³-hybridized carbons (Fsp3) is 0.154. The van der Waals surface area contributed by atoms with Crippen LogP contribution in [-0.2, 0) is 0 Å². The van der Waals surface area contributed by atoms with Gasteiger partial charge in [0.1, 0.15) is 0 Å². The molecule has 0 amide bonds. The van der Waals surface area contributed by atoms with Crippen molar-refractivity contribution >= 4 is 69.2 Å². The predicted molar refractivity (Wildman–Crippen MR) is 241 cm³/mol. The van der Waals surface area contributed by atoms with Gasteiger partial charge in [0.05, 0.1) is 0 Å². The van der Waals surface area contributed by atoms with Gasteiger partial charge in [-0.3, -0.25) is 0 Å². The molecule has 0 fully saturated rings. The first-order chi connectivity index (χ1) is 26.0. The molecule has 0 spiro atoms. The fourth-order valence-corrected chi connectivity index (χ4v) is 12.9. The molecule has 0 aliphatic rings. The normalized spacial score (nSPS) is 11.3. The largest absolute Gasteiger partial charge is 0.0616 e. The SMILES string of the molecule is Cc1cc(C)cc(P(c2[c]c3ccccc3cc2)c2cc(C)cc(C)c2)c1.Cc1cc(C)cc(P(c2[c]c3ccccc3cc2)c2cc(C)cc(C)c2)c1. The van der Waals surface area contributed by atoms with E-state index >= 15 is 0 Å². The molecule has 0 bridgehead atoms. The molecule has 8 aromatic rings. The smallest absolute Gasteiger partial charge is 0.000884 e. The molecule has 0 saturated heterocycles. The predicted octanol–water partition coefficient (Wildman–Crippen LogP) is 11.3. The summed E-state index contributed by atoms with van der Waals surface area (Å²) >= 11 is 0. The van der Waals surface area contributed by atoms with Gasteiger partial charge >= 0.3 is 0 Å². The van der Waals surface area contributed by atoms with Crippen LogP contribution in [0.5, 0.6) is 0 Å². The molecule has 0 aliphatic heterocycles. The van der Waals surface area contributed by atoms with Crippen molar-refractivity contribution in [1.82, 2.24) is 0 Å². The van der Waals surface area contributed by atoms with Crippen LogP contribution in [-0.4, -0.2) is 0 Å². The average molecular weight is 735 g/mol. The van der Waals surface area contributed by atoms with Gasteiger partial charge in [0.15, 0.2) is 0 Å². The van der Waals surface area contributed by atoms with Crippen molar-refractivity contribution in [3.8, 4) is 0 Å². The number of fused-ring (bicyclic) bond motifs is 2. The summed E-state index contributed by atoms with van der Waals surface area (Å²) in [5.74, 6) is 0. The monoisotopic (exact) mass is 734 g/mol. The molecular formula is C52H48P2. The molecule has 0 aromatic heterocycles. The van der Waals surface area contributed by atoms with Gasteiger partial charge < -0.3 is 0 Å². The summed E-state index contributed by atoms with van der Waals surface area (Å²) in [6.45, 7) is 17.5. The van der Waals surface area contributed by atoms with Crippen molar-refractivity contribution in [3.63, 3.8) is 0 Å². The molecule has 0 saturated carbocycles. The minimum Gasteiger partial charge on any atom is -0.0616 e. The van der Waals surface area contributed by atoms with Crippen LogP contribution in [0.15, 0.2) is 146 Å². The van der Waals surface area contributed by atoms with Gasteiger partial charge in [0, 0.05) is 0 Å². The van der Waals surface area contributed by atoms with E-state index in [0.717, 1.165) is 0 Å². The Kier molecular flexibility index (Phi) is 11.3. The summed E-state index contributed by atoms with van der Waals surface area (Å²) in [5, 5.41) is 13.1.